The molecule has 0 aliphatic carbocycles. The molecule has 0 heterocycles. The van der Waals surface area contributed by atoms with Gasteiger partial charge in [-0.25, -0.2) is 19.7 Å². The topological polar surface area (TPSA) is 167 Å². The lowest BCUT2D eigenvalue weighted by molar-refractivity contribution is -0.0470. The van der Waals surface area contributed by atoms with Gasteiger partial charge in [0.1, 0.15) is 0 Å². The second-order valence-electron chi connectivity index (χ2n) is 7.42. The summed E-state index contributed by atoms with van der Waals surface area (Å²) in [6.07, 6.45) is 0. The molecule has 3 rings (SSSR count). The highest BCUT2D eigenvalue weighted by molar-refractivity contribution is 6.13. The van der Waals surface area contributed by atoms with Gasteiger partial charge in [0.25, 0.3) is 0 Å². The lowest BCUT2D eigenvalue weighted by Crippen LogP contribution is -2.31. The van der Waals surface area contributed by atoms with Gasteiger partial charge in [0.2, 0.25) is 0 Å². The van der Waals surface area contributed by atoms with E-state index in [0.29, 0.717) is 43.5 Å². The fraction of sp³-hybridized carbons (Fsp3) is 0.0833. The molecule has 34 heavy (non-hydrogen) atoms. The summed E-state index contributed by atoms with van der Waals surface area (Å²) in [5.74, 6) is -0.608. The highest BCUT2D eigenvalue weighted by atomic mass is 16.5. The van der Waals surface area contributed by atoms with Crippen molar-refractivity contribution in [2.24, 2.45) is 11.5 Å². The molecule has 0 aromatic heterocycles. The van der Waals surface area contributed by atoms with Crippen LogP contribution in [-0.4, -0.2) is 44.2 Å². The Labute approximate surface area is 194 Å². The van der Waals surface area contributed by atoms with Crippen molar-refractivity contribution in [1.82, 2.24) is 10.1 Å². The summed E-state index contributed by atoms with van der Waals surface area (Å²) in [5.41, 5.74) is 12.5. The minimum Gasteiger partial charge on any atom is -0.350 e. The number of hydroxylamine groups is 4. The first kappa shape index (κ1) is 24.1. The molecule has 0 unspecified atom stereocenters. The van der Waals surface area contributed by atoms with E-state index in [0.717, 1.165) is 0 Å². The van der Waals surface area contributed by atoms with Gasteiger partial charge < -0.3 is 11.5 Å². The molecular formula is C24H22N4O6. The van der Waals surface area contributed by atoms with Crippen LogP contribution in [0.15, 0.2) is 72.8 Å². The molecule has 0 atom stereocenters. The van der Waals surface area contributed by atoms with Crippen LogP contribution in [-0.2, 0) is 13.1 Å². The normalized spacial score (nSPS) is 10.4. The van der Waals surface area contributed by atoms with Crippen LogP contribution < -0.4 is 11.5 Å². The maximum Gasteiger partial charge on any atom is 0.338 e. The zero-order valence-electron chi connectivity index (χ0n) is 17.9. The third-order valence-corrected chi connectivity index (χ3v) is 4.99. The summed E-state index contributed by atoms with van der Waals surface area (Å²) in [6.45, 7) is -0.239. The number of hydrogen-bond donors (Lipinski definition) is 4. The van der Waals surface area contributed by atoms with Crippen LogP contribution in [0.4, 0.5) is 9.59 Å². The molecule has 10 heteroatoms. The van der Waals surface area contributed by atoms with E-state index in [-0.39, 0.29) is 24.7 Å². The number of nitrogens with zero attached hydrogens (tertiary/aromatic N) is 2. The van der Waals surface area contributed by atoms with Crippen LogP contribution >= 0.6 is 0 Å². The summed E-state index contributed by atoms with van der Waals surface area (Å²) < 4.78 is 0. The minimum atomic E-state index is -0.989. The first-order valence-corrected chi connectivity index (χ1v) is 10.0. The van der Waals surface area contributed by atoms with Gasteiger partial charge in [-0.15, -0.1) is 0 Å². The summed E-state index contributed by atoms with van der Waals surface area (Å²) in [7, 11) is 0. The minimum absolute atomic E-state index is 0.120. The van der Waals surface area contributed by atoms with Crippen molar-refractivity contribution in [2.75, 3.05) is 0 Å². The largest absolute Gasteiger partial charge is 0.350 e. The van der Waals surface area contributed by atoms with E-state index in [2.05, 4.69) is 0 Å². The second-order valence-corrected chi connectivity index (χ2v) is 7.42. The van der Waals surface area contributed by atoms with Crippen molar-refractivity contribution >= 4 is 23.6 Å². The number of nitrogens with two attached hydrogens (primary N) is 2. The van der Waals surface area contributed by atoms with Crippen molar-refractivity contribution in [3.05, 3.63) is 106 Å². The molecule has 0 fully saturated rings. The van der Waals surface area contributed by atoms with Gasteiger partial charge in [-0.05, 0) is 17.2 Å². The summed E-state index contributed by atoms with van der Waals surface area (Å²) in [5, 5.41) is 19.5. The highest BCUT2D eigenvalue weighted by Crippen LogP contribution is 2.17. The van der Waals surface area contributed by atoms with Crippen LogP contribution in [0.5, 0.6) is 0 Å². The third-order valence-electron chi connectivity index (χ3n) is 4.99. The van der Waals surface area contributed by atoms with Crippen LogP contribution in [0.1, 0.15) is 43.0 Å². The molecular weight excluding hydrogens is 440 g/mol. The SMILES string of the molecule is NC(=O)N(O)Cc1ccc(C(=O)c2cccc(C(=O)c3ccc(CN(O)C(N)=O)cc3)c2)cc1. The van der Waals surface area contributed by atoms with Crippen LogP contribution in [0.25, 0.3) is 0 Å². The molecule has 0 saturated heterocycles. The van der Waals surface area contributed by atoms with Crippen molar-refractivity contribution in [1.29, 1.82) is 0 Å². The molecule has 3 aromatic carbocycles. The van der Waals surface area contributed by atoms with Gasteiger partial charge in [-0.3, -0.25) is 20.0 Å². The maximum atomic E-state index is 12.9. The van der Waals surface area contributed by atoms with Crippen LogP contribution in [0.3, 0.4) is 0 Å². The molecule has 0 saturated carbocycles. The quantitative estimate of drug-likeness (QED) is 0.228. The lowest BCUT2D eigenvalue weighted by atomic mass is 9.96. The lowest BCUT2D eigenvalue weighted by Gasteiger charge is -2.12. The highest BCUT2D eigenvalue weighted by Gasteiger charge is 2.15. The molecule has 0 aliphatic heterocycles. The molecule has 0 bridgehead atoms. The van der Waals surface area contributed by atoms with E-state index in [1.165, 1.54) is 6.07 Å². The third kappa shape index (κ3) is 5.82. The zero-order chi connectivity index (χ0) is 24.8. The van der Waals surface area contributed by atoms with Crippen molar-refractivity contribution in [3.63, 3.8) is 0 Å². The van der Waals surface area contributed by atoms with E-state index in [1.54, 1.807) is 66.7 Å². The molecule has 0 spiro atoms. The van der Waals surface area contributed by atoms with Crippen LogP contribution in [0.2, 0.25) is 0 Å². The summed E-state index contributed by atoms with van der Waals surface area (Å²) in [6, 6.07) is 16.9. The Morgan fingerprint density at radius 1 is 0.588 bits per heavy atom. The Bertz CT molecular complexity index is 1130. The van der Waals surface area contributed by atoms with Crippen molar-refractivity contribution in [3.8, 4) is 0 Å². The van der Waals surface area contributed by atoms with Gasteiger partial charge in [-0.1, -0.05) is 66.7 Å². The number of carbonyl (C=O) groups excluding carboxylic acids is 4. The maximum absolute atomic E-state index is 12.9. The number of hydrogen-bond acceptors (Lipinski definition) is 6. The molecule has 174 valence electrons. The number of carbonyl (C=O) groups is 4. The molecule has 0 radical (unpaired) electrons. The number of rotatable bonds is 8. The smallest absolute Gasteiger partial charge is 0.338 e. The standard InChI is InChI=1S/C24H22N4O6/c25-23(31)27(33)13-15-4-8-17(9-5-15)21(29)19-2-1-3-20(12-19)22(30)18-10-6-16(7-11-18)14-28(34)24(26)32/h1-12,33-34H,13-14H2,(H2,25,31)(H2,26,32). The Balaban J connectivity index is 1.74. The average molecular weight is 462 g/mol. The summed E-state index contributed by atoms with van der Waals surface area (Å²) >= 11 is 0. The predicted molar refractivity (Wildman–Crippen MR) is 120 cm³/mol. The number of amides is 4. The molecule has 3 aromatic rings. The average Bonchev–Trinajstić information content (AvgIpc) is 2.84. The molecule has 0 aliphatic rings. The van der Waals surface area contributed by atoms with Gasteiger partial charge >= 0.3 is 12.1 Å². The Morgan fingerprint density at radius 2 is 0.941 bits per heavy atom. The van der Waals surface area contributed by atoms with E-state index >= 15 is 0 Å². The fourth-order valence-electron chi connectivity index (χ4n) is 3.16. The van der Waals surface area contributed by atoms with Crippen molar-refractivity contribution in [2.45, 2.75) is 13.1 Å². The second kappa shape index (κ2) is 10.4. The Morgan fingerprint density at radius 3 is 1.26 bits per heavy atom. The number of urea groups is 2. The fourth-order valence-corrected chi connectivity index (χ4v) is 3.16. The summed E-state index contributed by atoms with van der Waals surface area (Å²) in [4.78, 5) is 47.6. The van der Waals surface area contributed by atoms with E-state index in [9.17, 15) is 29.6 Å². The van der Waals surface area contributed by atoms with Gasteiger partial charge in [0.15, 0.2) is 11.6 Å². The zero-order valence-corrected chi connectivity index (χ0v) is 17.9. The van der Waals surface area contributed by atoms with E-state index < -0.39 is 12.1 Å². The molecule has 6 N–H and O–H groups in total. The van der Waals surface area contributed by atoms with Gasteiger partial charge in [-0.2, -0.15) is 0 Å². The number of primary amides is 2. The van der Waals surface area contributed by atoms with Gasteiger partial charge in [0, 0.05) is 22.3 Å². The first-order valence-electron chi connectivity index (χ1n) is 10.0. The monoisotopic (exact) mass is 462 g/mol. The van der Waals surface area contributed by atoms with E-state index in [4.69, 9.17) is 11.5 Å². The van der Waals surface area contributed by atoms with Crippen LogP contribution in [0, 0.1) is 0 Å². The van der Waals surface area contributed by atoms with Crippen molar-refractivity contribution < 1.29 is 29.6 Å². The Kier molecular flexibility index (Phi) is 7.36. The predicted octanol–water partition coefficient (Wildman–Crippen LogP) is 2.69. The number of benzene rings is 3. The van der Waals surface area contributed by atoms with Gasteiger partial charge in [0.05, 0.1) is 13.1 Å². The number of ketones is 2. The first-order chi connectivity index (χ1) is 16.2. The molecule has 4 amide bonds. The van der Waals surface area contributed by atoms with E-state index in [1.807, 2.05) is 0 Å². The Hall–Kier alpha value is -4.54. The molecule has 10 nitrogen and oxygen atoms in total.